The van der Waals surface area contributed by atoms with Crippen LogP contribution in [-0.2, 0) is 22.6 Å². The lowest BCUT2D eigenvalue weighted by molar-refractivity contribution is -0.130. The van der Waals surface area contributed by atoms with Gasteiger partial charge < -0.3 is 20.4 Å². The highest BCUT2D eigenvalue weighted by molar-refractivity contribution is 6.08. The minimum atomic E-state index is -0.712. The Morgan fingerprint density at radius 3 is 2.49 bits per heavy atom. The van der Waals surface area contributed by atoms with Crippen LogP contribution in [0, 0.1) is 0 Å². The van der Waals surface area contributed by atoms with Crippen LogP contribution in [0.2, 0.25) is 0 Å². The highest BCUT2D eigenvalue weighted by Crippen LogP contribution is 2.21. The molecule has 1 aliphatic rings. The molecule has 0 saturated carbocycles. The van der Waals surface area contributed by atoms with Gasteiger partial charge in [-0.05, 0) is 41.5 Å². The lowest BCUT2D eigenvalue weighted by Gasteiger charge is -2.13. The summed E-state index contributed by atoms with van der Waals surface area (Å²) < 4.78 is 5.75. The SMILES string of the molecule is O=C(CN1C(=O)N[C@H](Cc2c[nH]c3ccccc23)C1=O)Nc1ccc(OCc2ccccc2)cc1. The molecule has 0 bridgehead atoms. The molecule has 4 aromatic rings. The number of urea groups is 1. The standard InChI is InChI=1S/C27H24N4O4/c32-25(29-20-10-12-21(13-11-20)35-17-18-6-2-1-3-7-18)16-31-26(33)24(30-27(31)34)14-19-15-28-23-9-5-4-8-22(19)23/h1-13,15,24,28H,14,16-17H2,(H,29,32)(H,30,34)/t24-/m1/s1. The molecule has 0 unspecified atom stereocenters. The number of benzene rings is 3. The third kappa shape index (κ3) is 5.01. The van der Waals surface area contributed by atoms with Gasteiger partial charge in [-0.3, -0.25) is 14.5 Å². The van der Waals surface area contributed by atoms with Crippen molar-refractivity contribution in [2.75, 3.05) is 11.9 Å². The zero-order valence-corrected chi connectivity index (χ0v) is 18.9. The second-order valence-electron chi connectivity index (χ2n) is 8.34. The van der Waals surface area contributed by atoms with Crippen LogP contribution in [0.15, 0.2) is 85.1 Å². The fourth-order valence-electron chi connectivity index (χ4n) is 4.10. The third-order valence-electron chi connectivity index (χ3n) is 5.89. The first-order valence-corrected chi connectivity index (χ1v) is 11.3. The topological polar surface area (TPSA) is 104 Å². The number of ether oxygens (including phenoxy) is 1. The molecule has 4 amide bonds. The zero-order chi connectivity index (χ0) is 24.2. The summed E-state index contributed by atoms with van der Waals surface area (Å²) in [5, 5.41) is 6.41. The van der Waals surface area contributed by atoms with E-state index in [4.69, 9.17) is 4.74 Å². The number of nitrogens with one attached hydrogen (secondary N) is 3. The molecule has 5 rings (SSSR count). The molecule has 3 N–H and O–H groups in total. The minimum absolute atomic E-state index is 0.344. The number of H-pyrrole nitrogens is 1. The number of anilines is 1. The van der Waals surface area contributed by atoms with Gasteiger partial charge in [0.1, 0.15) is 24.9 Å². The van der Waals surface area contributed by atoms with E-state index in [9.17, 15) is 14.4 Å². The maximum Gasteiger partial charge on any atom is 0.325 e. The molecule has 1 atom stereocenters. The Morgan fingerprint density at radius 1 is 0.943 bits per heavy atom. The summed E-state index contributed by atoms with van der Waals surface area (Å²) in [6, 6.07) is 23.2. The Balaban J connectivity index is 1.15. The Hall–Kier alpha value is -4.59. The summed E-state index contributed by atoms with van der Waals surface area (Å²) in [6.07, 6.45) is 2.18. The van der Waals surface area contributed by atoms with Gasteiger partial charge in [0, 0.05) is 29.2 Å². The molecular formula is C27H24N4O4. The number of rotatable bonds is 8. The summed E-state index contributed by atoms with van der Waals surface area (Å²) >= 11 is 0. The van der Waals surface area contributed by atoms with E-state index in [0.717, 1.165) is 26.9 Å². The van der Waals surface area contributed by atoms with E-state index in [1.807, 2.05) is 60.8 Å². The Bertz CT molecular complexity index is 1360. The van der Waals surface area contributed by atoms with Gasteiger partial charge in [0.2, 0.25) is 5.91 Å². The second-order valence-corrected chi connectivity index (χ2v) is 8.34. The number of hydrogen-bond donors (Lipinski definition) is 3. The van der Waals surface area contributed by atoms with E-state index in [-0.39, 0.29) is 6.54 Å². The largest absolute Gasteiger partial charge is 0.489 e. The van der Waals surface area contributed by atoms with Gasteiger partial charge in [-0.25, -0.2) is 4.79 Å². The average molecular weight is 469 g/mol. The summed E-state index contributed by atoms with van der Waals surface area (Å²) in [6.45, 7) is 0.0831. The normalized spacial score (nSPS) is 15.3. The van der Waals surface area contributed by atoms with Gasteiger partial charge in [-0.2, -0.15) is 0 Å². The van der Waals surface area contributed by atoms with Crippen LogP contribution in [-0.4, -0.2) is 40.3 Å². The van der Waals surface area contributed by atoms with E-state index < -0.39 is 23.9 Å². The first-order chi connectivity index (χ1) is 17.1. The van der Waals surface area contributed by atoms with Gasteiger partial charge >= 0.3 is 6.03 Å². The molecule has 176 valence electrons. The van der Waals surface area contributed by atoms with Crippen LogP contribution < -0.4 is 15.4 Å². The van der Waals surface area contributed by atoms with Crippen molar-refractivity contribution >= 4 is 34.4 Å². The number of amides is 4. The number of hydrogen-bond acceptors (Lipinski definition) is 4. The fourth-order valence-corrected chi connectivity index (χ4v) is 4.10. The van der Waals surface area contributed by atoms with Crippen molar-refractivity contribution in [1.82, 2.24) is 15.2 Å². The van der Waals surface area contributed by atoms with Crippen LogP contribution >= 0.6 is 0 Å². The molecular weight excluding hydrogens is 444 g/mol. The summed E-state index contributed by atoms with van der Waals surface area (Å²) in [5.74, 6) is -0.208. The molecule has 1 aliphatic heterocycles. The van der Waals surface area contributed by atoms with E-state index in [2.05, 4.69) is 15.6 Å². The molecule has 0 radical (unpaired) electrons. The van der Waals surface area contributed by atoms with E-state index >= 15 is 0 Å². The first kappa shape index (κ1) is 22.2. The first-order valence-electron chi connectivity index (χ1n) is 11.3. The average Bonchev–Trinajstić information content (AvgIpc) is 3.40. The number of aromatic amines is 1. The molecule has 0 aliphatic carbocycles. The van der Waals surface area contributed by atoms with Crippen LogP contribution in [0.1, 0.15) is 11.1 Å². The van der Waals surface area contributed by atoms with Crippen molar-refractivity contribution in [3.63, 3.8) is 0 Å². The van der Waals surface area contributed by atoms with Crippen molar-refractivity contribution in [3.05, 3.63) is 96.2 Å². The highest BCUT2D eigenvalue weighted by Gasteiger charge is 2.39. The van der Waals surface area contributed by atoms with Crippen molar-refractivity contribution in [3.8, 4) is 5.75 Å². The minimum Gasteiger partial charge on any atom is -0.489 e. The predicted molar refractivity (Wildman–Crippen MR) is 132 cm³/mol. The van der Waals surface area contributed by atoms with Crippen molar-refractivity contribution in [1.29, 1.82) is 0 Å². The van der Waals surface area contributed by atoms with E-state index in [0.29, 0.717) is 24.5 Å². The monoisotopic (exact) mass is 468 g/mol. The zero-order valence-electron chi connectivity index (χ0n) is 18.9. The molecule has 0 spiro atoms. The smallest absolute Gasteiger partial charge is 0.325 e. The number of aromatic nitrogens is 1. The van der Waals surface area contributed by atoms with Gasteiger partial charge in [-0.1, -0.05) is 48.5 Å². The van der Waals surface area contributed by atoms with Crippen LogP contribution in [0.5, 0.6) is 5.75 Å². The van der Waals surface area contributed by atoms with E-state index in [1.165, 1.54) is 0 Å². The van der Waals surface area contributed by atoms with Crippen LogP contribution in [0.3, 0.4) is 0 Å². The molecule has 8 heteroatoms. The number of imide groups is 1. The van der Waals surface area contributed by atoms with Gasteiger partial charge in [0.05, 0.1) is 0 Å². The summed E-state index contributed by atoms with van der Waals surface area (Å²) in [7, 11) is 0. The molecule has 2 heterocycles. The number of para-hydroxylation sites is 1. The van der Waals surface area contributed by atoms with Gasteiger partial charge in [-0.15, -0.1) is 0 Å². The van der Waals surface area contributed by atoms with Crippen molar-refractivity contribution in [2.45, 2.75) is 19.1 Å². The van der Waals surface area contributed by atoms with Crippen molar-refractivity contribution < 1.29 is 19.1 Å². The fraction of sp³-hybridized carbons (Fsp3) is 0.148. The Kier molecular flexibility index (Phi) is 6.17. The number of nitrogens with zero attached hydrogens (tertiary/aromatic N) is 1. The van der Waals surface area contributed by atoms with Gasteiger partial charge in [0.15, 0.2) is 0 Å². The van der Waals surface area contributed by atoms with Crippen LogP contribution in [0.25, 0.3) is 10.9 Å². The maximum absolute atomic E-state index is 12.8. The summed E-state index contributed by atoms with van der Waals surface area (Å²) in [4.78, 5) is 41.9. The predicted octanol–water partition coefficient (Wildman–Crippen LogP) is 3.85. The molecule has 35 heavy (non-hydrogen) atoms. The maximum atomic E-state index is 12.8. The number of carbonyl (C=O) groups excluding carboxylic acids is 3. The highest BCUT2D eigenvalue weighted by atomic mass is 16.5. The molecule has 1 fully saturated rings. The van der Waals surface area contributed by atoms with E-state index in [1.54, 1.807) is 24.3 Å². The van der Waals surface area contributed by atoms with Crippen molar-refractivity contribution in [2.24, 2.45) is 0 Å². The summed E-state index contributed by atoms with van der Waals surface area (Å²) in [5.41, 5.74) is 3.50. The molecule has 8 nitrogen and oxygen atoms in total. The second kappa shape index (κ2) is 9.72. The quantitative estimate of drug-likeness (QED) is 0.342. The van der Waals surface area contributed by atoms with Gasteiger partial charge in [0.25, 0.3) is 5.91 Å². The molecule has 1 aromatic heterocycles. The third-order valence-corrected chi connectivity index (χ3v) is 5.89. The van der Waals surface area contributed by atoms with Crippen LogP contribution in [0.4, 0.5) is 10.5 Å². The number of fused-ring (bicyclic) bond motifs is 1. The number of carbonyl (C=O) groups is 3. The Morgan fingerprint density at radius 2 is 1.69 bits per heavy atom. The lowest BCUT2D eigenvalue weighted by atomic mass is 10.1. The lowest BCUT2D eigenvalue weighted by Crippen LogP contribution is -2.38. The molecule has 3 aromatic carbocycles. The molecule has 1 saturated heterocycles. The Labute approximate surface area is 201 Å².